The van der Waals surface area contributed by atoms with Crippen LogP contribution in [0.1, 0.15) is 6.92 Å². The molecule has 4 heteroatoms. The molecular weight excluding hydrogens is 319 g/mol. The number of benzene rings is 1. The summed E-state index contributed by atoms with van der Waals surface area (Å²) in [7, 11) is 1.63. The fourth-order valence-corrected chi connectivity index (χ4v) is 4.29. The van der Waals surface area contributed by atoms with E-state index >= 15 is 0 Å². The van der Waals surface area contributed by atoms with E-state index in [1.807, 2.05) is 12.1 Å². The normalized spacial score (nSPS) is 25.4. The van der Waals surface area contributed by atoms with Gasteiger partial charge in [0.25, 0.3) is 0 Å². The second-order valence-electron chi connectivity index (χ2n) is 5.04. The van der Waals surface area contributed by atoms with Crippen LogP contribution in [0.3, 0.4) is 0 Å². The Kier molecular flexibility index (Phi) is 6.27. The molecule has 3 nitrogen and oxygen atoms in total. The van der Waals surface area contributed by atoms with Crippen LogP contribution in [0.15, 0.2) is 42.5 Å². The zero-order chi connectivity index (χ0) is 14.4. The fourth-order valence-electron chi connectivity index (χ4n) is 2.16. The number of hydrogen-bond acceptors (Lipinski definition) is 3. The molecule has 0 aliphatic carbocycles. The van der Waals surface area contributed by atoms with Crippen molar-refractivity contribution in [2.45, 2.75) is 24.6 Å². The summed E-state index contributed by atoms with van der Waals surface area (Å²) in [4.78, 5) is 0. The Bertz CT molecular complexity index is 421. The summed E-state index contributed by atoms with van der Waals surface area (Å²) in [5, 5.41) is 11.2. The maximum atomic E-state index is 10.3. The van der Waals surface area contributed by atoms with Gasteiger partial charge in [-0.3, -0.25) is 0 Å². The van der Waals surface area contributed by atoms with Gasteiger partial charge in [0.15, 0.2) is 0 Å². The molecule has 2 rings (SSSR count). The Balaban J connectivity index is 1.81. The summed E-state index contributed by atoms with van der Waals surface area (Å²) in [6.45, 7) is 2.71. The van der Waals surface area contributed by atoms with E-state index in [0.717, 1.165) is 5.32 Å². The summed E-state index contributed by atoms with van der Waals surface area (Å²) in [5.74, 6) is 0.470. The van der Waals surface area contributed by atoms with E-state index in [4.69, 9.17) is 9.47 Å². The van der Waals surface area contributed by atoms with Gasteiger partial charge >= 0.3 is 127 Å². The van der Waals surface area contributed by atoms with Gasteiger partial charge in [-0.1, -0.05) is 0 Å². The van der Waals surface area contributed by atoms with E-state index in [1.54, 1.807) is 7.11 Å². The van der Waals surface area contributed by atoms with Crippen LogP contribution in [-0.4, -0.2) is 46.2 Å². The Hall–Kier alpha value is -0.641. The zero-order valence-electron chi connectivity index (χ0n) is 11.9. The van der Waals surface area contributed by atoms with E-state index in [9.17, 15) is 5.11 Å². The molecule has 0 aromatic heterocycles. The summed E-state index contributed by atoms with van der Waals surface area (Å²) < 4.78 is 12.0. The maximum absolute atomic E-state index is 10.3. The molecule has 20 heavy (non-hydrogen) atoms. The number of methoxy groups -OCH3 is 1. The van der Waals surface area contributed by atoms with Crippen molar-refractivity contribution in [1.29, 1.82) is 0 Å². The molecule has 1 aliphatic rings. The van der Waals surface area contributed by atoms with Crippen molar-refractivity contribution >= 4 is 19.4 Å². The predicted octanol–water partition coefficient (Wildman–Crippen LogP) is 1.61. The molecule has 0 radical (unpaired) electrons. The van der Waals surface area contributed by atoms with Gasteiger partial charge in [0.05, 0.1) is 0 Å². The molecule has 1 heterocycles. The van der Waals surface area contributed by atoms with Gasteiger partial charge in [-0.05, 0) is 0 Å². The van der Waals surface area contributed by atoms with Crippen LogP contribution < -0.4 is 4.46 Å². The third-order valence-corrected chi connectivity index (χ3v) is 5.98. The van der Waals surface area contributed by atoms with Gasteiger partial charge < -0.3 is 0 Å². The van der Waals surface area contributed by atoms with Crippen molar-refractivity contribution < 1.29 is 14.6 Å². The second-order valence-corrected chi connectivity index (χ2v) is 7.33. The predicted molar refractivity (Wildman–Crippen MR) is 81.2 cm³/mol. The first-order chi connectivity index (χ1) is 9.70. The van der Waals surface area contributed by atoms with Gasteiger partial charge in [0.2, 0.25) is 0 Å². The molecule has 0 saturated heterocycles. The molecule has 2 unspecified atom stereocenters. The molecule has 4 atom stereocenters. The minimum atomic E-state index is -0.285. The molecule has 1 N–H and O–H groups in total. The van der Waals surface area contributed by atoms with E-state index < -0.39 is 0 Å². The zero-order valence-corrected chi connectivity index (χ0v) is 13.7. The van der Waals surface area contributed by atoms with Crippen LogP contribution in [-0.2, 0) is 9.47 Å². The first-order valence-corrected chi connectivity index (χ1v) is 8.96. The molecule has 0 saturated carbocycles. The fraction of sp³-hybridized carbons (Fsp3) is 0.500. The van der Waals surface area contributed by atoms with Crippen LogP contribution in [0, 0.1) is 11.8 Å². The second kappa shape index (κ2) is 7.96. The third kappa shape index (κ3) is 4.44. The minimum absolute atomic E-state index is 0.203. The SMILES string of the molecule is CO[C@@H]1C=C[C@H](C(C)C(O)C[Se]c2ccccc2)CO1. The number of aliphatic hydroxyl groups excluding tert-OH is 1. The van der Waals surface area contributed by atoms with E-state index in [1.165, 1.54) is 4.46 Å². The number of ether oxygens (including phenoxy) is 2. The Labute approximate surface area is 127 Å². The Morgan fingerprint density at radius 2 is 2.10 bits per heavy atom. The first-order valence-electron chi connectivity index (χ1n) is 6.89. The quantitative estimate of drug-likeness (QED) is 0.631. The molecule has 1 aromatic rings. The summed E-state index contributed by atoms with van der Waals surface area (Å²) in [6.07, 6.45) is 3.53. The van der Waals surface area contributed by atoms with Crippen LogP contribution >= 0.6 is 0 Å². The average Bonchev–Trinajstić information content (AvgIpc) is 2.53. The van der Waals surface area contributed by atoms with Gasteiger partial charge in [0, 0.05) is 0 Å². The van der Waals surface area contributed by atoms with Crippen molar-refractivity contribution in [2.24, 2.45) is 11.8 Å². The van der Waals surface area contributed by atoms with Crippen molar-refractivity contribution in [1.82, 2.24) is 0 Å². The standard InChI is InChI=1S/C16H22O3Se/c1-12(13-8-9-16(18-2)19-10-13)15(17)11-20-14-6-4-3-5-7-14/h3-9,12-13,15-17H,10-11H2,1-2H3/t12?,13-,15?,16-/m0/s1. The van der Waals surface area contributed by atoms with Crippen LogP contribution in [0.25, 0.3) is 0 Å². The van der Waals surface area contributed by atoms with Gasteiger partial charge in [-0.2, -0.15) is 0 Å². The van der Waals surface area contributed by atoms with Crippen LogP contribution in [0.2, 0.25) is 5.32 Å². The topological polar surface area (TPSA) is 38.7 Å². The number of aliphatic hydroxyl groups is 1. The van der Waals surface area contributed by atoms with Gasteiger partial charge in [-0.25, -0.2) is 0 Å². The van der Waals surface area contributed by atoms with Gasteiger partial charge in [0.1, 0.15) is 0 Å². The van der Waals surface area contributed by atoms with E-state index in [0.29, 0.717) is 21.6 Å². The third-order valence-electron chi connectivity index (χ3n) is 3.65. The van der Waals surface area contributed by atoms with Crippen molar-refractivity contribution in [2.75, 3.05) is 13.7 Å². The van der Waals surface area contributed by atoms with Crippen LogP contribution in [0.5, 0.6) is 0 Å². The van der Waals surface area contributed by atoms with Crippen molar-refractivity contribution in [3.8, 4) is 0 Å². The van der Waals surface area contributed by atoms with E-state index in [-0.39, 0.29) is 24.2 Å². The molecule has 1 aliphatic heterocycles. The molecule has 0 spiro atoms. The summed E-state index contributed by atoms with van der Waals surface area (Å²) in [6, 6.07) is 10.4. The summed E-state index contributed by atoms with van der Waals surface area (Å²) >= 11 is 0.323. The number of hydrogen-bond donors (Lipinski definition) is 1. The van der Waals surface area contributed by atoms with Crippen molar-refractivity contribution in [3.05, 3.63) is 42.5 Å². The molecular formula is C16H22O3Se. The molecule has 0 fully saturated rings. The first kappa shape index (κ1) is 15.7. The monoisotopic (exact) mass is 342 g/mol. The Morgan fingerprint density at radius 3 is 2.70 bits per heavy atom. The van der Waals surface area contributed by atoms with Crippen LogP contribution in [0.4, 0.5) is 0 Å². The molecule has 1 aromatic carbocycles. The Morgan fingerprint density at radius 1 is 1.35 bits per heavy atom. The molecule has 0 amide bonds. The van der Waals surface area contributed by atoms with E-state index in [2.05, 4.69) is 37.3 Å². The molecule has 110 valence electrons. The average molecular weight is 341 g/mol. The number of rotatable bonds is 6. The molecule has 0 bridgehead atoms. The van der Waals surface area contributed by atoms with Crippen molar-refractivity contribution in [3.63, 3.8) is 0 Å². The van der Waals surface area contributed by atoms with Gasteiger partial charge in [-0.15, -0.1) is 0 Å². The summed E-state index contributed by atoms with van der Waals surface area (Å²) in [5.41, 5.74) is 0.